The first-order valence-corrected chi connectivity index (χ1v) is 17.8. The van der Waals surface area contributed by atoms with Gasteiger partial charge < -0.3 is 25.4 Å². The lowest BCUT2D eigenvalue weighted by Gasteiger charge is -2.18. The SMILES string of the molecule is COc1ccc(/C=C(/NC(=O)c2ccccc2)C(=O)Nc2cccc(SC(C(=O)Nc3ccc(S(N)(=O)=O)cc3)c3ccccc3)c2)cc1OC. The van der Waals surface area contributed by atoms with Crippen LogP contribution in [0.3, 0.4) is 0 Å². The predicted octanol–water partition coefficient (Wildman–Crippen LogP) is 6.23. The van der Waals surface area contributed by atoms with Gasteiger partial charge >= 0.3 is 0 Å². The number of hydrogen-bond donors (Lipinski definition) is 4. The second-order valence-corrected chi connectivity index (χ2v) is 13.7. The molecule has 51 heavy (non-hydrogen) atoms. The number of nitrogens with one attached hydrogen (secondary N) is 3. The zero-order valence-corrected chi connectivity index (χ0v) is 29.2. The van der Waals surface area contributed by atoms with Crippen LogP contribution in [0.25, 0.3) is 6.08 Å². The van der Waals surface area contributed by atoms with E-state index in [2.05, 4.69) is 16.0 Å². The van der Waals surface area contributed by atoms with Gasteiger partial charge in [0, 0.05) is 21.8 Å². The minimum Gasteiger partial charge on any atom is -0.493 e. The maximum Gasteiger partial charge on any atom is 0.272 e. The van der Waals surface area contributed by atoms with Crippen molar-refractivity contribution in [1.29, 1.82) is 0 Å². The molecule has 1 atom stereocenters. The van der Waals surface area contributed by atoms with E-state index in [0.717, 1.165) is 5.56 Å². The molecule has 5 N–H and O–H groups in total. The van der Waals surface area contributed by atoms with E-state index in [-0.39, 0.29) is 16.5 Å². The molecular weight excluding hydrogens is 689 g/mol. The van der Waals surface area contributed by atoms with Crippen LogP contribution in [-0.2, 0) is 19.6 Å². The van der Waals surface area contributed by atoms with Crippen molar-refractivity contribution in [3.63, 3.8) is 0 Å². The molecule has 0 saturated heterocycles. The molecule has 11 nitrogen and oxygen atoms in total. The van der Waals surface area contributed by atoms with E-state index in [0.29, 0.717) is 38.9 Å². The minimum absolute atomic E-state index is 0.0240. The summed E-state index contributed by atoms with van der Waals surface area (Å²) in [7, 11) is -0.868. The summed E-state index contributed by atoms with van der Waals surface area (Å²) in [6.07, 6.45) is 1.53. The highest BCUT2D eigenvalue weighted by atomic mass is 32.2. The average Bonchev–Trinajstić information content (AvgIpc) is 3.14. The first-order valence-electron chi connectivity index (χ1n) is 15.4. The average molecular weight is 723 g/mol. The van der Waals surface area contributed by atoms with Crippen LogP contribution in [0.15, 0.2) is 143 Å². The number of methoxy groups -OCH3 is 2. The minimum atomic E-state index is -3.89. The van der Waals surface area contributed by atoms with Gasteiger partial charge in [-0.3, -0.25) is 14.4 Å². The highest BCUT2D eigenvalue weighted by Crippen LogP contribution is 2.37. The van der Waals surface area contributed by atoms with Gasteiger partial charge in [0.15, 0.2) is 11.5 Å². The zero-order valence-electron chi connectivity index (χ0n) is 27.5. The number of carbonyl (C=O) groups is 3. The van der Waals surface area contributed by atoms with Crippen molar-refractivity contribution in [2.24, 2.45) is 5.14 Å². The molecule has 0 fully saturated rings. The molecule has 0 radical (unpaired) electrons. The lowest BCUT2D eigenvalue weighted by molar-refractivity contribution is -0.116. The quantitative estimate of drug-likeness (QED) is 0.0820. The second kappa shape index (κ2) is 16.7. The van der Waals surface area contributed by atoms with E-state index < -0.39 is 27.1 Å². The van der Waals surface area contributed by atoms with Gasteiger partial charge in [-0.25, -0.2) is 13.6 Å². The zero-order chi connectivity index (χ0) is 36.4. The lowest BCUT2D eigenvalue weighted by atomic mass is 10.1. The molecule has 0 aliphatic rings. The first-order chi connectivity index (χ1) is 24.5. The number of rotatable bonds is 13. The Balaban J connectivity index is 1.39. The Hall–Kier alpha value is -5.89. The van der Waals surface area contributed by atoms with Gasteiger partial charge in [0.2, 0.25) is 15.9 Å². The van der Waals surface area contributed by atoms with Gasteiger partial charge in [-0.1, -0.05) is 60.7 Å². The third kappa shape index (κ3) is 9.85. The molecule has 0 aliphatic heterocycles. The molecule has 0 aliphatic carbocycles. The van der Waals surface area contributed by atoms with E-state index >= 15 is 0 Å². The largest absolute Gasteiger partial charge is 0.493 e. The molecule has 1 unspecified atom stereocenters. The van der Waals surface area contributed by atoms with Crippen LogP contribution in [0.5, 0.6) is 11.5 Å². The van der Waals surface area contributed by atoms with Gasteiger partial charge in [0.25, 0.3) is 11.8 Å². The number of thioether (sulfide) groups is 1. The normalized spacial score (nSPS) is 11.9. The topological polar surface area (TPSA) is 166 Å². The highest BCUT2D eigenvalue weighted by molar-refractivity contribution is 8.00. The summed E-state index contributed by atoms with van der Waals surface area (Å²) in [5, 5.41) is 12.9. The number of carbonyl (C=O) groups excluding carboxylic acids is 3. The van der Waals surface area contributed by atoms with Crippen molar-refractivity contribution in [2.45, 2.75) is 15.0 Å². The molecule has 5 aromatic carbocycles. The molecule has 0 saturated carbocycles. The number of amides is 3. The summed E-state index contributed by atoms with van der Waals surface area (Å²) in [5.41, 5.74) is 2.45. The van der Waals surface area contributed by atoms with E-state index in [9.17, 15) is 22.8 Å². The fourth-order valence-electron chi connectivity index (χ4n) is 4.87. The lowest BCUT2D eigenvalue weighted by Crippen LogP contribution is -2.30. The molecule has 0 bridgehead atoms. The molecule has 5 aromatic rings. The number of primary sulfonamides is 1. The van der Waals surface area contributed by atoms with Gasteiger partial charge in [-0.2, -0.15) is 0 Å². The summed E-state index contributed by atoms with van der Waals surface area (Å²) >= 11 is 1.25. The van der Waals surface area contributed by atoms with Crippen LogP contribution >= 0.6 is 11.8 Å². The fourth-order valence-corrected chi connectivity index (χ4v) is 6.47. The molecule has 260 valence electrons. The monoisotopic (exact) mass is 722 g/mol. The molecule has 13 heteroatoms. The van der Waals surface area contributed by atoms with E-state index in [1.165, 1.54) is 56.3 Å². The maximum absolute atomic E-state index is 13.7. The smallest absolute Gasteiger partial charge is 0.272 e. The summed E-state index contributed by atoms with van der Waals surface area (Å²) in [5.74, 6) is -0.463. The molecule has 5 rings (SSSR count). The number of anilines is 2. The van der Waals surface area contributed by atoms with Crippen molar-refractivity contribution in [1.82, 2.24) is 5.32 Å². The Morgan fingerprint density at radius 1 is 0.725 bits per heavy atom. The van der Waals surface area contributed by atoms with Crippen molar-refractivity contribution >= 4 is 57.0 Å². The second-order valence-electron chi connectivity index (χ2n) is 10.9. The number of sulfonamides is 1. The molecule has 3 amide bonds. The third-order valence-electron chi connectivity index (χ3n) is 7.38. The number of benzene rings is 5. The Morgan fingerprint density at radius 2 is 1.39 bits per heavy atom. The number of nitrogens with two attached hydrogens (primary N) is 1. The van der Waals surface area contributed by atoms with Crippen LogP contribution in [0.2, 0.25) is 0 Å². The number of ether oxygens (including phenoxy) is 2. The third-order valence-corrected chi connectivity index (χ3v) is 9.56. The van der Waals surface area contributed by atoms with Crippen LogP contribution in [0.4, 0.5) is 11.4 Å². The van der Waals surface area contributed by atoms with E-state index in [4.69, 9.17) is 14.6 Å². The molecule has 0 aromatic heterocycles. The summed E-state index contributed by atoms with van der Waals surface area (Å²) in [4.78, 5) is 41.1. The van der Waals surface area contributed by atoms with E-state index in [1.807, 2.05) is 36.4 Å². The van der Waals surface area contributed by atoms with Crippen LogP contribution in [0, 0.1) is 0 Å². The van der Waals surface area contributed by atoms with Crippen molar-refractivity contribution in [3.05, 3.63) is 150 Å². The predicted molar refractivity (Wildman–Crippen MR) is 198 cm³/mol. The molecule has 0 spiro atoms. The highest BCUT2D eigenvalue weighted by Gasteiger charge is 2.23. The van der Waals surface area contributed by atoms with Gasteiger partial charge in [-0.15, -0.1) is 11.8 Å². The Morgan fingerprint density at radius 3 is 2.04 bits per heavy atom. The number of hydrogen-bond acceptors (Lipinski definition) is 8. The van der Waals surface area contributed by atoms with Crippen LogP contribution < -0.4 is 30.6 Å². The first kappa shape index (κ1) is 36.4. The fraction of sp³-hybridized carbons (Fsp3) is 0.0789. The Labute approximate surface area is 299 Å². The van der Waals surface area contributed by atoms with Crippen molar-refractivity contribution < 1.29 is 32.3 Å². The van der Waals surface area contributed by atoms with Crippen molar-refractivity contribution in [3.8, 4) is 11.5 Å². The molecular formula is C38H34N4O7S2. The Bertz CT molecular complexity index is 2160. The summed E-state index contributed by atoms with van der Waals surface area (Å²) < 4.78 is 34.1. The summed E-state index contributed by atoms with van der Waals surface area (Å²) in [6.45, 7) is 0. The van der Waals surface area contributed by atoms with Crippen molar-refractivity contribution in [2.75, 3.05) is 24.9 Å². The Kier molecular flexibility index (Phi) is 11.9. The van der Waals surface area contributed by atoms with Crippen LogP contribution in [0.1, 0.15) is 26.7 Å². The molecule has 0 heterocycles. The van der Waals surface area contributed by atoms with Gasteiger partial charge in [-0.05, 0) is 83.9 Å². The van der Waals surface area contributed by atoms with E-state index in [1.54, 1.807) is 66.7 Å². The summed E-state index contributed by atoms with van der Waals surface area (Å²) in [6, 6.07) is 35.3. The van der Waals surface area contributed by atoms with Crippen LogP contribution in [-0.4, -0.2) is 40.4 Å². The maximum atomic E-state index is 13.7. The van der Waals surface area contributed by atoms with Gasteiger partial charge in [0.1, 0.15) is 10.9 Å². The van der Waals surface area contributed by atoms with Gasteiger partial charge in [0.05, 0.1) is 19.1 Å². The standard InChI is InChI=1S/C38H34N4O7S2/c1-48-33-21-16-25(23-34(33)49-2)22-32(42-36(43)27-12-7-4-8-13-27)37(44)41-29-14-9-15-30(24-29)50-35(26-10-5-3-6-11-26)38(45)40-28-17-19-31(20-18-28)51(39,46)47/h3-24,35H,1-2H3,(H,40,45)(H,41,44)(H,42,43)(H2,39,46,47)/b32-22+.